The zero-order valence-electron chi connectivity index (χ0n) is 16.1. The van der Waals surface area contributed by atoms with E-state index in [1.807, 2.05) is 30.1 Å². The lowest BCUT2D eigenvalue weighted by Gasteiger charge is -2.22. The number of aliphatic imine (C=N–C) groups is 1. The van der Waals surface area contributed by atoms with Crippen molar-refractivity contribution in [3.63, 3.8) is 0 Å². The van der Waals surface area contributed by atoms with Crippen LogP contribution in [0.25, 0.3) is 11.4 Å². The molecule has 0 aliphatic rings. The standard InChI is InChI=1S/C20H21ClFN5O.HI/c1-23-20(27(2)13-14-4-3-5-17(22)12-14)24-11-10-18-25-19(26-28-18)15-6-8-16(21)9-7-15;/h3-9,12H,10-11,13H2,1-2H3,(H,23,24);1H. The maximum Gasteiger partial charge on any atom is 0.228 e. The third-order valence-corrected chi connectivity index (χ3v) is 4.33. The van der Waals surface area contributed by atoms with E-state index in [9.17, 15) is 4.39 Å². The van der Waals surface area contributed by atoms with Gasteiger partial charge in [0, 0.05) is 44.2 Å². The largest absolute Gasteiger partial charge is 0.356 e. The molecule has 0 saturated heterocycles. The molecule has 0 bridgehead atoms. The molecule has 3 rings (SSSR count). The first-order valence-electron chi connectivity index (χ1n) is 8.80. The Hall–Kier alpha value is -2.20. The maximum absolute atomic E-state index is 13.3. The van der Waals surface area contributed by atoms with Crippen molar-refractivity contribution in [3.8, 4) is 11.4 Å². The molecule has 0 fully saturated rings. The highest BCUT2D eigenvalue weighted by molar-refractivity contribution is 14.0. The van der Waals surface area contributed by atoms with Crippen LogP contribution in [-0.2, 0) is 13.0 Å². The molecule has 0 unspecified atom stereocenters. The molecule has 0 radical (unpaired) electrons. The van der Waals surface area contributed by atoms with Crippen LogP contribution >= 0.6 is 35.6 Å². The summed E-state index contributed by atoms with van der Waals surface area (Å²) in [4.78, 5) is 10.6. The van der Waals surface area contributed by atoms with Crippen molar-refractivity contribution in [1.29, 1.82) is 0 Å². The number of guanidine groups is 1. The minimum Gasteiger partial charge on any atom is -0.356 e. The summed E-state index contributed by atoms with van der Waals surface area (Å²) in [7, 11) is 3.60. The molecule has 0 aliphatic carbocycles. The van der Waals surface area contributed by atoms with Crippen LogP contribution in [0.15, 0.2) is 58.0 Å². The fourth-order valence-electron chi connectivity index (χ4n) is 2.72. The Morgan fingerprint density at radius 3 is 2.69 bits per heavy atom. The smallest absolute Gasteiger partial charge is 0.228 e. The number of rotatable bonds is 6. The molecule has 9 heteroatoms. The second-order valence-electron chi connectivity index (χ2n) is 6.23. The SMILES string of the molecule is CN=C(NCCc1nc(-c2ccc(Cl)cc2)no1)N(C)Cc1cccc(F)c1.I. The molecular formula is C20H22ClFIN5O. The number of nitrogens with zero attached hydrogens (tertiary/aromatic N) is 4. The predicted molar refractivity (Wildman–Crippen MR) is 123 cm³/mol. The Balaban J connectivity index is 0.00000300. The van der Waals surface area contributed by atoms with Gasteiger partial charge in [0.15, 0.2) is 5.96 Å². The Morgan fingerprint density at radius 2 is 2.00 bits per heavy atom. The number of hydrogen-bond donors (Lipinski definition) is 1. The van der Waals surface area contributed by atoms with E-state index in [4.69, 9.17) is 16.1 Å². The van der Waals surface area contributed by atoms with Gasteiger partial charge in [-0.1, -0.05) is 28.9 Å². The van der Waals surface area contributed by atoms with Crippen molar-refractivity contribution >= 4 is 41.5 Å². The van der Waals surface area contributed by atoms with Gasteiger partial charge in [0.25, 0.3) is 0 Å². The van der Waals surface area contributed by atoms with Crippen LogP contribution in [0, 0.1) is 5.82 Å². The van der Waals surface area contributed by atoms with Gasteiger partial charge >= 0.3 is 0 Å². The first-order valence-corrected chi connectivity index (χ1v) is 9.17. The molecule has 154 valence electrons. The van der Waals surface area contributed by atoms with Gasteiger partial charge in [0.2, 0.25) is 11.7 Å². The normalized spacial score (nSPS) is 11.1. The van der Waals surface area contributed by atoms with Gasteiger partial charge in [-0.2, -0.15) is 4.98 Å². The Labute approximate surface area is 191 Å². The molecule has 0 atom stereocenters. The van der Waals surface area contributed by atoms with Crippen molar-refractivity contribution < 1.29 is 8.91 Å². The summed E-state index contributed by atoms with van der Waals surface area (Å²) in [5.41, 5.74) is 1.72. The lowest BCUT2D eigenvalue weighted by atomic mass is 10.2. The fraction of sp³-hybridized carbons (Fsp3) is 0.250. The van der Waals surface area contributed by atoms with E-state index in [0.29, 0.717) is 42.2 Å². The van der Waals surface area contributed by atoms with Gasteiger partial charge in [-0.15, -0.1) is 24.0 Å². The van der Waals surface area contributed by atoms with Gasteiger partial charge in [0.05, 0.1) is 0 Å². The molecule has 6 nitrogen and oxygen atoms in total. The molecule has 0 amide bonds. The predicted octanol–water partition coefficient (Wildman–Crippen LogP) is 4.40. The summed E-state index contributed by atoms with van der Waals surface area (Å²) >= 11 is 5.89. The highest BCUT2D eigenvalue weighted by Crippen LogP contribution is 2.18. The summed E-state index contributed by atoms with van der Waals surface area (Å²) in [6.45, 7) is 1.11. The molecule has 1 heterocycles. The molecule has 1 N–H and O–H groups in total. The second-order valence-corrected chi connectivity index (χ2v) is 6.67. The molecule has 0 aliphatic heterocycles. The zero-order valence-corrected chi connectivity index (χ0v) is 19.2. The first kappa shape index (κ1) is 23.1. The third-order valence-electron chi connectivity index (χ3n) is 4.07. The zero-order chi connectivity index (χ0) is 19.9. The van der Waals surface area contributed by atoms with Gasteiger partial charge in [-0.3, -0.25) is 4.99 Å². The first-order chi connectivity index (χ1) is 13.5. The third kappa shape index (κ3) is 6.67. The van der Waals surface area contributed by atoms with Crippen LogP contribution in [0.1, 0.15) is 11.5 Å². The summed E-state index contributed by atoms with van der Waals surface area (Å²) in [6.07, 6.45) is 0.549. The Morgan fingerprint density at radius 1 is 1.24 bits per heavy atom. The highest BCUT2D eigenvalue weighted by Gasteiger charge is 2.10. The van der Waals surface area contributed by atoms with Crippen LogP contribution in [-0.4, -0.2) is 41.6 Å². The highest BCUT2D eigenvalue weighted by atomic mass is 127. The van der Waals surface area contributed by atoms with Crippen molar-refractivity contribution in [1.82, 2.24) is 20.4 Å². The van der Waals surface area contributed by atoms with E-state index < -0.39 is 0 Å². The van der Waals surface area contributed by atoms with Crippen LogP contribution in [0.2, 0.25) is 5.02 Å². The number of halogens is 3. The summed E-state index contributed by atoms with van der Waals surface area (Å²) in [6, 6.07) is 13.8. The average Bonchev–Trinajstić information content (AvgIpc) is 3.14. The fourth-order valence-corrected chi connectivity index (χ4v) is 2.85. The summed E-state index contributed by atoms with van der Waals surface area (Å²) in [5.74, 6) is 1.50. The Kier molecular flexibility index (Phi) is 8.84. The van der Waals surface area contributed by atoms with Crippen LogP contribution in [0.4, 0.5) is 4.39 Å². The minimum absolute atomic E-state index is 0. The van der Waals surface area contributed by atoms with E-state index >= 15 is 0 Å². The van der Waals surface area contributed by atoms with Crippen molar-refractivity contribution in [3.05, 3.63) is 70.8 Å². The number of nitrogens with one attached hydrogen (secondary N) is 1. The van der Waals surface area contributed by atoms with Gasteiger partial charge in [-0.25, -0.2) is 4.39 Å². The van der Waals surface area contributed by atoms with E-state index in [2.05, 4.69) is 20.4 Å². The van der Waals surface area contributed by atoms with E-state index in [0.717, 1.165) is 11.1 Å². The molecule has 0 spiro atoms. The monoisotopic (exact) mass is 529 g/mol. The van der Waals surface area contributed by atoms with Crippen molar-refractivity contribution in [2.75, 3.05) is 20.6 Å². The Bertz CT molecular complexity index is 948. The van der Waals surface area contributed by atoms with Crippen LogP contribution in [0.5, 0.6) is 0 Å². The van der Waals surface area contributed by atoms with Gasteiger partial charge < -0.3 is 14.7 Å². The van der Waals surface area contributed by atoms with Crippen LogP contribution < -0.4 is 5.32 Å². The molecule has 0 saturated carbocycles. The van der Waals surface area contributed by atoms with Crippen molar-refractivity contribution in [2.45, 2.75) is 13.0 Å². The molecule has 1 aromatic heterocycles. The second kappa shape index (κ2) is 11.1. The summed E-state index contributed by atoms with van der Waals surface area (Å²) in [5, 5.41) is 7.90. The molecule has 29 heavy (non-hydrogen) atoms. The lowest BCUT2D eigenvalue weighted by Crippen LogP contribution is -2.39. The summed E-state index contributed by atoms with van der Waals surface area (Å²) < 4.78 is 18.6. The van der Waals surface area contributed by atoms with Gasteiger partial charge in [0.1, 0.15) is 5.82 Å². The molecule has 3 aromatic rings. The average molecular weight is 530 g/mol. The lowest BCUT2D eigenvalue weighted by molar-refractivity contribution is 0.377. The number of aromatic nitrogens is 2. The minimum atomic E-state index is -0.248. The maximum atomic E-state index is 13.3. The molecule has 2 aromatic carbocycles. The topological polar surface area (TPSA) is 66.5 Å². The van der Waals surface area contributed by atoms with E-state index in [-0.39, 0.29) is 29.8 Å². The quantitative estimate of drug-likeness (QED) is 0.291. The number of hydrogen-bond acceptors (Lipinski definition) is 4. The molecular weight excluding hydrogens is 508 g/mol. The van der Waals surface area contributed by atoms with E-state index in [1.165, 1.54) is 12.1 Å². The van der Waals surface area contributed by atoms with Crippen LogP contribution in [0.3, 0.4) is 0 Å². The van der Waals surface area contributed by atoms with Gasteiger partial charge in [-0.05, 0) is 42.0 Å². The van der Waals surface area contributed by atoms with E-state index in [1.54, 1.807) is 25.2 Å². The number of benzene rings is 2. The van der Waals surface area contributed by atoms with Crippen molar-refractivity contribution in [2.24, 2.45) is 4.99 Å².